The standard InChI is InChI=1S/C24H26N4O2/c25-19-14-22(23(29)27-20-11-10-17-8-4-5-9-18(17)13-20)28(15-19)24(30)21(26)12-16-6-2-1-3-7-16/h1-11,13,19,21-22H,12,14-15,25-26H2,(H,27,29)/t19-,21-,22-/m0/s1. The molecule has 0 aromatic heterocycles. The molecule has 3 atom stereocenters. The lowest BCUT2D eigenvalue weighted by Crippen LogP contribution is -2.50. The molecule has 0 bridgehead atoms. The number of amides is 2. The number of rotatable bonds is 5. The summed E-state index contributed by atoms with van der Waals surface area (Å²) in [4.78, 5) is 27.5. The van der Waals surface area contributed by atoms with Gasteiger partial charge in [-0.3, -0.25) is 9.59 Å². The van der Waals surface area contributed by atoms with Crippen LogP contribution in [0.3, 0.4) is 0 Å². The molecule has 1 saturated heterocycles. The van der Waals surface area contributed by atoms with Gasteiger partial charge in [0.2, 0.25) is 11.8 Å². The minimum absolute atomic E-state index is 0.238. The smallest absolute Gasteiger partial charge is 0.247 e. The van der Waals surface area contributed by atoms with Gasteiger partial charge < -0.3 is 21.7 Å². The molecule has 1 heterocycles. The number of hydrogen-bond acceptors (Lipinski definition) is 4. The lowest BCUT2D eigenvalue weighted by Gasteiger charge is -2.26. The van der Waals surface area contributed by atoms with Crippen molar-refractivity contribution in [2.24, 2.45) is 11.5 Å². The monoisotopic (exact) mass is 402 g/mol. The molecule has 30 heavy (non-hydrogen) atoms. The highest BCUT2D eigenvalue weighted by Crippen LogP contribution is 2.23. The van der Waals surface area contributed by atoms with Crippen LogP contribution in [0.25, 0.3) is 10.8 Å². The fourth-order valence-corrected chi connectivity index (χ4v) is 4.02. The first-order valence-electron chi connectivity index (χ1n) is 10.2. The molecule has 1 aliphatic rings. The summed E-state index contributed by atoms with van der Waals surface area (Å²) < 4.78 is 0. The first-order valence-corrected chi connectivity index (χ1v) is 10.2. The molecule has 6 heteroatoms. The van der Waals surface area contributed by atoms with Gasteiger partial charge in [0, 0.05) is 18.3 Å². The predicted octanol–water partition coefficient (Wildman–Crippen LogP) is 2.28. The molecule has 6 nitrogen and oxygen atoms in total. The molecular formula is C24H26N4O2. The Kier molecular flexibility index (Phi) is 5.79. The molecule has 0 radical (unpaired) electrons. The molecule has 0 unspecified atom stereocenters. The molecule has 5 N–H and O–H groups in total. The minimum atomic E-state index is -0.714. The van der Waals surface area contributed by atoms with Crippen LogP contribution in [0.4, 0.5) is 5.69 Å². The van der Waals surface area contributed by atoms with Gasteiger partial charge in [0.05, 0.1) is 6.04 Å². The van der Waals surface area contributed by atoms with Gasteiger partial charge in [-0.25, -0.2) is 0 Å². The summed E-state index contributed by atoms with van der Waals surface area (Å²) >= 11 is 0. The molecule has 0 aliphatic carbocycles. The van der Waals surface area contributed by atoms with Crippen molar-refractivity contribution in [3.05, 3.63) is 78.4 Å². The predicted molar refractivity (Wildman–Crippen MR) is 119 cm³/mol. The van der Waals surface area contributed by atoms with Crippen LogP contribution in [0.15, 0.2) is 72.8 Å². The average molecular weight is 402 g/mol. The maximum absolute atomic E-state index is 13.0. The van der Waals surface area contributed by atoms with Gasteiger partial charge in [0.15, 0.2) is 0 Å². The number of benzene rings is 3. The van der Waals surface area contributed by atoms with E-state index in [0.717, 1.165) is 16.3 Å². The first kappa shape index (κ1) is 20.1. The first-order chi connectivity index (χ1) is 14.5. The molecule has 1 fully saturated rings. The number of fused-ring (bicyclic) bond motifs is 1. The second-order valence-electron chi connectivity index (χ2n) is 7.85. The van der Waals surface area contributed by atoms with Gasteiger partial charge in [-0.1, -0.05) is 60.7 Å². The summed E-state index contributed by atoms with van der Waals surface area (Å²) in [6.45, 7) is 0.330. The fourth-order valence-electron chi connectivity index (χ4n) is 4.02. The maximum Gasteiger partial charge on any atom is 0.247 e. The zero-order valence-corrected chi connectivity index (χ0v) is 16.7. The average Bonchev–Trinajstić information content (AvgIpc) is 3.15. The lowest BCUT2D eigenvalue weighted by molar-refractivity contribution is -0.137. The molecule has 154 valence electrons. The largest absolute Gasteiger partial charge is 0.328 e. The quantitative estimate of drug-likeness (QED) is 0.609. The Morgan fingerprint density at radius 2 is 1.70 bits per heavy atom. The lowest BCUT2D eigenvalue weighted by atomic mass is 10.0. The van der Waals surface area contributed by atoms with E-state index in [-0.39, 0.29) is 17.9 Å². The van der Waals surface area contributed by atoms with Gasteiger partial charge in [0.25, 0.3) is 0 Å². The number of nitrogens with zero attached hydrogens (tertiary/aromatic N) is 1. The van der Waals surface area contributed by atoms with Crippen molar-refractivity contribution in [1.82, 2.24) is 4.90 Å². The Bertz CT molecular complexity index is 1050. The Balaban J connectivity index is 1.47. The van der Waals surface area contributed by atoms with E-state index < -0.39 is 12.1 Å². The van der Waals surface area contributed by atoms with Crippen LogP contribution in [0.5, 0.6) is 0 Å². The van der Waals surface area contributed by atoms with E-state index in [1.54, 1.807) is 0 Å². The summed E-state index contributed by atoms with van der Waals surface area (Å²) in [5, 5.41) is 5.08. The van der Waals surface area contributed by atoms with Crippen LogP contribution in [0.2, 0.25) is 0 Å². The molecule has 0 spiro atoms. The molecule has 4 rings (SSSR count). The van der Waals surface area contributed by atoms with Crippen molar-refractivity contribution in [3.63, 3.8) is 0 Å². The van der Waals surface area contributed by atoms with E-state index in [9.17, 15) is 9.59 Å². The third-order valence-electron chi connectivity index (χ3n) is 5.55. The Morgan fingerprint density at radius 1 is 1.00 bits per heavy atom. The number of carbonyl (C=O) groups excluding carboxylic acids is 2. The third kappa shape index (κ3) is 4.35. The minimum Gasteiger partial charge on any atom is -0.328 e. The van der Waals surface area contributed by atoms with Crippen LogP contribution >= 0.6 is 0 Å². The Morgan fingerprint density at radius 3 is 2.47 bits per heavy atom. The van der Waals surface area contributed by atoms with Gasteiger partial charge >= 0.3 is 0 Å². The molecular weight excluding hydrogens is 376 g/mol. The van der Waals surface area contributed by atoms with Crippen LogP contribution in [-0.2, 0) is 16.0 Å². The third-order valence-corrected chi connectivity index (χ3v) is 5.55. The number of nitrogens with one attached hydrogen (secondary N) is 1. The second kappa shape index (κ2) is 8.65. The van der Waals surface area contributed by atoms with Crippen molar-refractivity contribution in [2.45, 2.75) is 31.0 Å². The molecule has 0 saturated carbocycles. The highest BCUT2D eigenvalue weighted by molar-refractivity contribution is 6.00. The second-order valence-corrected chi connectivity index (χ2v) is 7.85. The highest BCUT2D eigenvalue weighted by Gasteiger charge is 2.39. The zero-order valence-electron chi connectivity index (χ0n) is 16.7. The van der Waals surface area contributed by atoms with Gasteiger partial charge in [-0.15, -0.1) is 0 Å². The van der Waals surface area contributed by atoms with Crippen molar-refractivity contribution in [2.75, 3.05) is 11.9 Å². The normalized spacial score (nSPS) is 19.6. The molecule has 3 aromatic rings. The van der Waals surface area contributed by atoms with E-state index in [1.807, 2.05) is 72.8 Å². The van der Waals surface area contributed by atoms with Crippen molar-refractivity contribution >= 4 is 28.3 Å². The van der Waals surface area contributed by atoms with Gasteiger partial charge in [0.1, 0.15) is 6.04 Å². The number of nitrogens with two attached hydrogens (primary N) is 2. The highest BCUT2D eigenvalue weighted by atomic mass is 16.2. The SMILES string of the molecule is N[C@H]1C[C@@H](C(=O)Nc2ccc3ccccc3c2)N(C(=O)[C@@H](N)Cc2ccccc2)C1. The number of carbonyl (C=O) groups is 2. The number of hydrogen-bond donors (Lipinski definition) is 3. The Labute approximate surface area is 175 Å². The van der Waals surface area contributed by atoms with Gasteiger partial charge in [-0.2, -0.15) is 0 Å². The summed E-state index contributed by atoms with van der Waals surface area (Å²) in [6, 6.07) is 21.7. The van der Waals surface area contributed by atoms with E-state index in [2.05, 4.69) is 5.32 Å². The Hall–Kier alpha value is -3.22. The molecule has 1 aliphatic heterocycles. The summed E-state index contributed by atoms with van der Waals surface area (Å²) in [5.41, 5.74) is 14.0. The van der Waals surface area contributed by atoms with E-state index in [4.69, 9.17) is 11.5 Å². The van der Waals surface area contributed by atoms with Crippen molar-refractivity contribution in [3.8, 4) is 0 Å². The van der Waals surface area contributed by atoms with Crippen LogP contribution in [0.1, 0.15) is 12.0 Å². The van der Waals surface area contributed by atoms with E-state index in [1.165, 1.54) is 4.90 Å². The summed E-state index contributed by atoms with van der Waals surface area (Å²) in [5.74, 6) is -0.482. The zero-order chi connectivity index (χ0) is 21.1. The molecule has 2 amide bonds. The maximum atomic E-state index is 13.0. The number of likely N-dealkylation sites (tertiary alicyclic amines) is 1. The molecule has 3 aromatic carbocycles. The van der Waals surface area contributed by atoms with Gasteiger partial charge in [-0.05, 0) is 41.3 Å². The van der Waals surface area contributed by atoms with Crippen LogP contribution in [0, 0.1) is 0 Å². The summed E-state index contributed by atoms with van der Waals surface area (Å²) in [7, 11) is 0. The van der Waals surface area contributed by atoms with Crippen molar-refractivity contribution < 1.29 is 9.59 Å². The van der Waals surface area contributed by atoms with Crippen LogP contribution in [-0.4, -0.2) is 41.4 Å². The fraction of sp³-hybridized carbons (Fsp3) is 0.250. The topological polar surface area (TPSA) is 101 Å². The van der Waals surface area contributed by atoms with Crippen molar-refractivity contribution in [1.29, 1.82) is 0 Å². The van der Waals surface area contributed by atoms with E-state index in [0.29, 0.717) is 25.1 Å². The van der Waals surface area contributed by atoms with E-state index >= 15 is 0 Å². The van der Waals surface area contributed by atoms with Crippen LogP contribution < -0.4 is 16.8 Å². The number of anilines is 1. The summed E-state index contributed by atoms with van der Waals surface area (Å²) in [6.07, 6.45) is 0.841.